The maximum atomic E-state index is 12.8. The second-order valence-electron chi connectivity index (χ2n) is 5.46. The van der Waals surface area contributed by atoms with E-state index in [2.05, 4.69) is 15.9 Å². The van der Waals surface area contributed by atoms with Gasteiger partial charge < -0.3 is 5.11 Å². The number of carbonyl (C=O) groups is 1. The lowest BCUT2D eigenvalue weighted by molar-refractivity contribution is -0.143. The fourth-order valence-corrected chi connectivity index (χ4v) is 5.48. The summed E-state index contributed by atoms with van der Waals surface area (Å²) in [4.78, 5) is 11.3. The molecule has 1 aromatic rings. The minimum absolute atomic E-state index is 0.230. The van der Waals surface area contributed by atoms with Crippen molar-refractivity contribution >= 4 is 31.9 Å². The number of benzene rings is 1. The van der Waals surface area contributed by atoms with Crippen molar-refractivity contribution in [2.24, 2.45) is 5.92 Å². The molecule has 21 heavy (non-hydrogen) atoms. The molecule has 0 bridgehead atoms. The van der Waals surface area contributed by atoms with Crippen LogP contribution in [0.5, 0.6) is 0 Å². The number of piperidine rings is 1. The van der Waals surface area contributed by atoms with Crippen LogP contribution in [0.2, 0.25) is 0 Å². The van der Waals surface area contributed by atoms with Gasteiger partial charge in [-0.1, -0.05) is 6.07 Å². The first kappa shape index (κ1) is 16.5. The molecule has 0 saturated carbocycles. The summed E-state index contributed by atoms with van der Waals surface area (Å²) in [6.07, 6.45) is 0.695. The van der Waals surface area contributed by atoms with Gasteiger partial charge in [-0.05, 0) is 60.3 Å². The number of rotatable bonds is 3. The van der Waals surface area contributed by atoms with E-state index in [1.54, 1.807) is 25.1 Å². The van der Waals surface area contributed by atoms with Crippen molar-refractivity contribution in [1.29, 1.82) is 0 Å². The van der Waals surface area contributed by atoms with Gasteiger partial charge in [0.15, 0.2) is 0 Å². The van der Waals surface area contributed by atoms with Crippen LogP contribution in [0.25, 0.3) is 0 Å². The van der Waals surface area contributed by atoms with Gasteiger partial charge in [0, 0.05) is 17.1 Å². The lowest BCUT2D eigenvalue weighted by Crippen LogP contribution is -2.46. The second-order valence-corrected chi connectivity index (χ2v) is 8.17. The minimum Gasteiger partial charge on any atom is -0.481 e. The molecule has 0 aliphatic carbocycles. The van der Waals surface area contributed by atoms with E-state index < -0.39 is 21.9 Å². The number of aryl methyl sites for hydroxylation is 1. The number of nitrogens with zero attached hydrogens (tertiary/aromatic N) is 1. The molecule has 116 valence electrons. The number of hydrogen-bond donors (Lipinski definition) is 1. The zero-order chi connectivity index (χ0) is 15.8. The fourth-order valence-electron chi connectivity index (χ4n) is 2.67. The Hall–Kier alpha value is -0.920. The lowest BCUT2D eigenvalue weighted by atomic mass is 9.93. The van der Waals surface area contributed by atoms with Gasteiger partial charge in [-0.15, -0.1) is 0 Å². The number of hydrogen-bond acceptors (Lipinski definition) is 3. The van der Waals surface area contributed by atoms with E-state index in [4.69, 9.17) is 5.11 Å². The highest BCUT2D eigenvalue weighted by atomic mass is 79.9. The van der Waals surface area contributed by atoms with Crippen LogP contribution in [0.15, 0.2) is 27.6 Å². The summed E-state index contributed by atoms with van der Waals surface area (Å²) in [5.41, 5.74) is 0.971. The van der Waals surface area contributed by atoms with Gasteiger partial charge in [0.2, 0.25) is 10.0 Å². The molecule has 2 atom stereocenters. The van der Waals surface area contributed by atoms with Gasteiger partial charge >= 0.3 is 5.97 Å². The summed E-state index contributed by atoms with van der Waals surface area (Å²) in [7, 11) is -3.61. The third kappa shape index (κ3) is 3.30. The van der Waals surface area contributed by atoms with Crippen molar-refractivity contribution in [3.8, 4) is 0 Å². The molecule has 0 amide bonds. The van der Waals surface area contributed by atoms with E-state index in [1.807, 2.05) is 6.92 Å². The van der Waals surface area contributed by atoms with Gasteiger partial charge in [-0.25, -0.2) is 8.42 Å². The Balaban J connectivity index is 2.30. The van der Waals surface area contributed by atoms with Crippen molar-refractivity contribution in [3.63, 3.8) is 0 Å². The van der Waals surface area contributed by atoms with E-state index in [-0.39, 0.29) is 17.5 Å². The summed E-state index contributed by atoms with van der Waals surface area (Å²) in [6, 6.07) is 4.79. The molecule has 0 spiro atoms. The van der Waals surface area contributed by atoms with Gasteiger partial charge in [0.25, 0.3) is 0 Å². The highest BCUT2D eigenvalue weighted by Gasteiger charge is 2.37. The number of halogens is 1. The van der Waals surface area contributed by atoms with Crippen LogP contribution in [-0.4, -0.2) is 36.4 Å². The topological polar surface area (TPSA) is 74.7 Å². The molecule has 1 aliphatic rings. The highest BCUT2D eigenvalue weighted by molar-refractivity contribution is 9.10. The van der Waals surface area contributed by atoms with Crippen molar-refractivity contribution in [1.82, 2.24) is 4.31 Å². The fraction of sp³-hybridized carbons (Fsp3) is 0.500. The molecule has 0 aromatic heterocycles. The van der Waals surface area contributed by atoms with Crippen LogP contribution in [0.1, 0.15) is 25.3 Å². The third-order valence-electron chi connectivity index (χ3n) is 3.84. The first-order valence-corrected chi connectivity index (χ1v) is 8.97. The zero-order valence-electron chi connectivity index (χ0n) is 11.9. The average molecular weight is 376 g/mol. The molecule has 7 heteroatoms. The monoisotopic (exact) mass is 375 g/mol. The molecule has 1 saturated heterocycles. The van der Waals surface area contributed by atoms with Gasteiger partial charge in [-0.3, -0.25) is 4.79 Å². The van der Waals surface area contributed by atoms with Gasteiger partial charge in [-0.2, -0.15) is 4.31 Å². The van der Waals surface area contributed by atoms with Crippen LogP contribution in [-0.2, 0) is 14.8 Å². The molecule has 2 unspecified atom stereocenters. The van der Waals surface area contributed by atoms with Gasteiger partial charge in [0.05, 0.1) is 10.8 Å². The molecule has 2 rings (SSSR count). The second kappa shape index (κ2) is 6.06. The number of carboxylic acids is 1. The van der Waals surface area contributed by atoms with Crippen molar-refractivity contribution in [3.05, 3.63) is 28.2 Å². The predicted molar refractivity (Wildman–Crippen MR) is 82.6 cm³/mol. The molecular formula is C14H18BrNO4S. The first-order chi connectivity index (χ1) is 9.73. The van der Waals surface area contributed by atoms with Crippen molar-refractivity contribution in [2.45, 2.75) is 37.6 Å². The van der Waals surface area contributed by atoms with E-state index in [0.29, 0.717) is 17.3 Å². The third-order valence-corrected chi connectivity index (χ3v) is 6.83. The molecule has 1 N–H and O–H groups in total. The van der Waals surface area contributed by atoms with Crippen LogP contribution >= 0.6 is 15.9 Å². The molecule has 1 aliphatic heterocycles. The predicted octanol–water partition coefficient (Wildman–Crippen LogP) is 2.63. The Bertz CT molecular complexity index is 659. The van der Waals surface area contributed by atoms with Crippen molar-refractivity contribution in [2.75, 3.05) is 6.54 Å². The SMILES string of the molecule is Cc1ccc(S(=O)(=O)N2CCC(C(=O)O)CC2C)c(Br)c1. The van der Waals surface area contributed by atoms with Crippen LogP contribution < -0.4 is 0 Å². The largest absolute Gasteiger partial charge is 0.481 e. The molecule has 1 aromatic carbocycles. The Morgan fingerprint density at radius 3 is 2.62 bits per heavy atom. The Morgan fingerprint density at radius 2 is 2.10 bits per heavy atom. The highest BCUT2D eigenvalue weighted by Crippen LogP contribution is 2.32. The Labute approximate surface area is 133 Å². The molecular weight excluding hydrogens is 358 g/mol. The number of sulfonamides is 1. The summed E-state index contributed by atoms with van der Waals surface area (Å²) in [6.45, 7) is 3.89. The standard InChI is InChI=1S/C14H18BrNO4S/c1-9-3-4-13(12(15)7-9)21(19,20)16-6-5-11(14(17)18)8-10(16)2/h3-4,7,10-11H,5-6,8H2,1-2H3,(H,17,18). The molecule has 1 fully saturated rings. The summed E-state index contributed by atoms with van der Waals surface area (Å²) in [5.74, 6) is -1.32. The normalized spacial score (nSPS) is 24.0. The molecule has 0 radical (unpaired) electrons. The van der Waals surface area contributed by atoms with Crippen molar-refractivity contribution < 1.29 is 18.3 Å². The minimum atomic E-state index is -3.61. The molecule has 1 heterocycles. The zero-order valence-corrected chi connectivity index (χ0v) is 14.3. The smallest absolute Gasteiger partial charge is 0.306 e. The van der Waals surface area contributed by atoms with E-state index in [0.717, 1.165) is 5.56 Å². The van der Waals surface area contributed by atoms with E-state index in [9.17, 15) is 13.2 Å². The maximum Gasteiger partial charge on any atom is 0.306 e. The quantitative estimate of drug-likeness (QED) is 0.880. The summed E-state index contributed by atoms with van der Waals surface area (Å²) < 4.78 is 27.5. The number of carboxylic acid groups (broad SMARTS) is 1. The lowest BCUT2D eigenvalue weighted by Gasteiger charge is -2.35. The van der Waals surface area contributed by atoms with E-state index >= 15 is 0 Å². The Kier molecular flexibility index (Phi) is 4.75. The first-order valence-electron chi connectivity index (χ1n) is 6.74. The number of aliphatic carboxylic acids is 1. The van der Waals surface area contributed by atoms with Crippen LogP contribution in [0.4, 0.5) is 0 Å². The summed E-state index contributed by atoms with van der Waals surface area (Å²) in [5, 5.41) is 9.06. The molecule has 5 nitrogen and oxygen atoms in total. The van der Waals surface area contributed by atoms with Gasteiger partial charge in [0.1, 0.15) is 0 Å². The van der Waals surface area contributed by atoms with E-state index in [1.165, 1.54) is 4.31 Å². The van der Waals surface area contributed by atoms with Crippen LogP contribution in [0, 0.1) is 12.8 Å². The Morgan fingerprint density at radius 1 is 1.43 bits per heavy atom. The summed E-state index contributed by atoms with van der Waals surface area (Å²) >= 11 is 3.30. The average Bonchev–Trinajstić information content (AvgIpc) is 2.37. The maximum absolute atomic E-state index is 12.8. The van der Waals surface area contributed by atoms with Crippen LogP contribution in [0.3, 0.4) is 0 Å².